The molecule has 21 heavy (non-hydrogen) atoms. The Bertz CT molecular complexity index is 600. The average Bonchev–Trinajstić information content (AvgIpc) is 2.98. The van der Waals surface area contributed by atoms with Crippen molar-refractivity contribution in [2.45, 2.75) is 19.3 Å². The molecule has 0 aliphatic carbocycles. The molecule has 1 atom stereocenters. The zero-order chi connectivity index (χ0) is 14.7. The molecule has 0 spiro atoms. The Labute approximate surface area is 127 Å². The van der Waals surface area contributed by atoms with Gasteiger partial charge in [-0.3, -0.25) is 14.6 Å². The second-order valence-corrected chi connectivity index (χ2v) is 6.25. The van der Waals surface area contributed by atoms with Crippen LogP contribution in [0.25, 0.3) is 0 Å². The first-order valence-corrected chi connectivity index (χ1v) is 8.07. The normalized spacial score (nSPS) is 20.5. The Morgan fingerprint density at radius 3 is 3.10 bits per heavy atom. The Morgan fingerprint density at radius 1 is 1.43 bits per heavy atom. The zero-order valence-electron chi connectivity index (χ0n) is 11.6. The Hall–Kier alpha value is -1.82. The van der Waals surface area contributed by atoms with Gasteiger partial charge in [0.05, 0.1) is 6.54 Å². The number of thioether (sulfide) groups is 1. The number of hydrogen-bond acceptors (Lipinski definition) is 4. The smallest absolute Gasteiger partial charge is 0.227 e. The molecule has 0 saturated heterocycles. The van der Waals surface area contributed by atoms with E-state index >= 15 is 0 Å². The van der Waals surface area contributed by atoms with Gasteiger partial charge in [0.1, 0.15) is 0 Å². The van der Waals surface area contributed by atoms with Crippen molar-refractivity contribution in [1.29, 1.82) is 0 Å². The SMILES string of the molecule is O=C(CC[C@H]1Cc2ccccc2NC1=O)NC1=NCCS1. The number of para-hydroxylation sites is 1. The minimum Gasteiger partial charge on any atom is -0.326 e. The van der Waals surface area contributed by atoms with Crippen molar-refractivity contribution in [1.82, 2.24) is 5.32 Å². The molecule has 110 valence electrons. The summed E-state index contributed by atoms with van der Waals surface area (Å²) in [4.78, 5) is 28.1. The van der Waals surface area contributed by atoms with Crippen molar-refractivity contribution in [3.8, 4) is 0 Å². The molecule has 1 aromatic rings. The summed E-state index contributed by atoms with van der Waals surface area (Å²) in [6.07, 6.45) is 1.61. The highest BCUT2D eigenvalue weighted by atomic mass is 32.2. The Kier molecular flexibility index (Phi) is 4.24. The number of carbonyl (C=O) groups excluding carboxylic acids is 2. The van der Waals surface area contributed by atoms with Crippen LogP contribution in [0.15, 0.2) is 29.3 Å². The summed E-state index contributed by atoms with van der Waals surface area (Å²) < 4.78 is 0. The number of amides is 2. The second kappa shape index (κ2) is 6.30. The van der Waals surface area contributed by atoms with Gasteiger partial charge in [0.15, 0.2) is 5.17 Å². The van der Waals surface area contributed by atoms with E-state index in [1.165, 1.54) is 0 Å². The number of hydrogen-bond donors (Lipinski definition) is 2. The molecular formula is C15H17N3O2S. The predicted molar refractivity (Wildman–Crippen MR) is 84.4 cm³/mol. The van der Waals surface area contributed by atoms with Gasteiger partial charge < -0.3 is 10.6 Å². The first kappa shape index (κ1) is 14.1. The molecule has 3 rings (SSSR count). The third kappa shape index (κ3) is 3.44. The maximum Gasteiger partial charge on any atom is 0.227 e. The number of benzene rings is 1. The second-order valence-electron chi connectivity index (χ2n) is 5.17. The van der Waals surface area contributed by atoms with Crippen LogP contribution in [-0.2, 0) is 16.0 Å². The lowest BCUT2D eigenvalue weighted by Gasteiger charge is -2.24. The first-order chi connectivity index (χ1) is 10.2. The van der Waals surface area contributed by atoms with Gasteiger partial charge in [-0.15, -0.1) is 0 Å². The van der Waals surface area contributed by atoms with Gasteiger partial charge in [-0.25, -0.2) is 0 Å². The molecule has 1 aromatic carbocycles. The summed E-state index contributed by atoms with van der Waals surface area (Å²) in [5, 5.41) is 6.41. The van der Waals surface area contributed by atoms with E-state index in [2.05, 4.69) is 15.6 Å². The van der Waals surface area contributed by atoms with Gasteiger partial charge in [-0.1, -0.05) is 30.0 Å². The standard InChI is InChI=1S/C15H17N3O2S/c19-13(18-15-16-7-8-21-15)6-5-11-9-10-3-1-2-4-12(10)17-14(11)20/h1-4,11H,5-9H2,(H,17,20)(H,16,18,19)/t11-/m0/s1. The van der Waals surface area contributed by atoms with Gasteiger partial charge >= 0.3 is 0 Å². The molecule has 2 aliphatic rings. The number of carbonyl (C=O) groups is 2. The lowest BCUT2D eigenvalue weighted by atomic mass is 9.89. The van der Waals surface area contributed by atoms with Gasteiger partial charge in [0, 0.05) is 23.8 Å². The highest BCUT2D eigenvalue weighted by molar-refractivity contribution is 8.14. The van der Waals surface area contributed by atoms with Gasteiger partial charge in [-0.2, -0.15) is 0 Å². The third-order valence-corrected chi connectivity index (χ3v) is 4.56. The number of amidine groups is 1. The number of fused-ring (bicyclic) bond motifs is 1. The lowest BCUT2D eigenvalue weighted by Crippen LogP contribution is -2.32. The van der Waals surface area contributed by atoms with Crippen molar-refractivity contribution >= 4 is 34.4 Å². The van der Waals surface area contributed by atoms with E-state index in [1.807, 2.05) is 24.3 Å². The molecule has 2 amide bonds. The molecule has 2 N–H and O–H groups in total. The van der Waals surface area contributed by atoms with Gasteiger partial charge in [0.25, 0.3) is 0 Å². The predicted octanol–water partition coefficient (Wildman–Crippen LogP) is 1.80. The molecule has 2 aliphatic heterocycles. The topological polar surface area (TPSA) is 70.6 Å². The van der Waals surface area contributed by atoms with Crippen molar-refractivity contribution in [2.24, 2.45) is 10.9 Å². The minimum absolute atomic E-state index is 0.00841. The van der Waals surface area contributed by atoms with E-state index in [9.17, 15) is 9.59 Å². The van der Waals surface area contributed by atoms with E-state index in [0.717, 1.165) is 23.5 Å². The highest BCUT2D eigenvalue weighted by Gasteiger charge is 2.26. The molecule has 5 nitrogen and oxygen atoms in total. The Morgan fingerprint density at radius 2 is 2.29 bits per heavy atom. The van der Waals surface area contributed by atoms with Crippen LogP contribution in [0.2, 0.25) is 0 Å². The van der Waals surface area contributed by atoms with E-state index < -0.39 is 0 Å². The molecule has 0 saturated carbocycles. The van der Waals surface area contributed by atoms with Crippen LogP contribution in [0.1, 0.15) is 18.4 Å². The van der Waals surface area contributed by atoms with Crippen LogP contribution < -0.4 is 10.6 Å². The van der Waals surface area contributed by atoms with Crippen molar-refractivity contribution in [3.63, 3.8) is 0 Å². The van der Waals surface area contributed by atoms with Crippen LogP contribution in [0.5, 0.6) is 0 Å². The van der Waals surface area contributed by atoms with Crippen LogP contribution >= 0.6 is 11.8 Å². The fraction of sp³-hybridized carbons (Fsp3) is 0.400. The van der Waals surface area contributed by atoms with Crippen LogP contribution in [-0.4, -0.2) is 29.3 Å². The first-order valence-electron chi connectivity index (χ1n) is 7.08. The fourth-order valence-corrected chi connectivity index (χ4v) is 3.29. The number of anilines is 1. The molecule has 0 aromatic heterocycles. The van der Waals surface area contributed by atoms with Crippen molar-refractivity contribution < 1.29 is 9.59 Å². The highest BCUT2D eigenvalue weighted by Crippen LogP contribution is 2.27. The van der Waals surface area contributed by atoms with E-state index in [4.69, 9.17) is 0 Å². The summed E-state index contributed by atoms with van der Waals surface area (Å²) in [7, 11) is 0. The molecule has 2 heterocycles. The molecule has 0 radical (unpaired) electrons. The summed E-state index contributed by atoms with van der Waals surface area (Å²) in [5.74, 6) is 0.741. The summed E-state index contributed by atoms with van der Waals surface area (Å²) in [6.45, 7) is 0.766. The monoisotopic (exact) mass is 303 g/mol. The summed E-state index contributed by atoms with van der Waals surface area (Å²) >= 11 is 1.56. The van der Waals surface area contributed by atoms with Crippen LogP contribution in [0, 0.1) is 5.92 Å². The maximum absolute atomic E-state index is 12.0. The Balaban J connectivity index is 1.53. The average molecular weight is 303 g/mol. The van der Waals surface area contributed by atoms with Crippen molar-refractivity contribution in [2.75, 3.05) is 17.6 Å². The van der Waals surface area contributed by atoms with Crippen LogP contribution in [0.3, 0.4) is 0 Å². The third-order valence-electron chi connectivity index (χ3n) is 3.66. The molecular weight excluding hydrogens is 286 g/mol. The molecule has 0 bridgehead atoms. The minimum atomic E-state index is -0.135. The van der Waals surface area contributed by atoms with E-state index in [0.29, 0.717) is 24.4 Å². The zero-order valence-corrected chi connectivity index (χ0v) is 12.4. The quantitative estimate of drug-likeness (QED) is 0.894. The number of nitrogens with zero attached hydrogens (tertiary/aromatic N) is 1. The van der Waals surface area contributed by atoms with Gasteiger partial charge in [-0.05, 0) is 24.5 Å². The molecule has 6 heteroatoms. The molecule has 0 fully saturated rings. The molecule has 0 unspecified atom stereocenters. The van der Waals surface area contributed by atoms with E-state index in [1.54, 1.807) is 11.8 Å². The number of aliphatic imine (C=N–C) groups is 1. The fourth-order valence-electron chi connectivity index (χ4n) is 2.54. The van der Waals surface area contributed by atoms with Crippen molar-refractivity contribution in [3.05, 3.63) is 29.8 Å². The maximum atomic E-state index is 12.0. The summed E-state index contributed by atoms with van der Waals surface area (Å²) in [5.41, 5.74) is 2.03. The summed E-state index contributed by atoms with van der Waals surface area (Å²) in [6, 6.07) is 7.81. The number of rotatable bonds is 3. The largest absolute Gasteiger partial charge is 0.326 e. The van der Waals surface area contributed by atoms with Gasteiger partial charge in [0.2, 0.25) is 11.8 Å². The number of nitrogens with one attached hydrogen (secondary N) is 2. The van der Waals surface area contributed by atoms with Crippen LogP contribution in [0.4, 0.5) is 5.69 Å². The van der Waals surface area contributed by atoms with E-state index in [-0.39, 0.29) is 17.7 Å². The lowest BCUT2D eigenvalue weighted by molar-refractivity contribution is -0.122.